The number of phenolic OH excluding ortho intramolecular Hbond substituents is 1. The molecule has 0 radical (unpaired) electrons. The van der Waals surface area contributed by atoms with Crippen LogP contribution < -0.4 is 28.3 Å². The quantitative estimate of drug-likeness (QED) is 0.132. The standard InChI is InChI=1S/C10H13NO2.C9H11NO3.C5H11NO2S.C3H7NO2.C2H5NO2/c1-11-9(10(12)13)7-8-5-3-2-4-6-8;10-8(9(12)13)5-6-1-3-7(11)4-2-6;1-9-3-2-4(6)5(7)8;1-2(4)3(5)6;3-1-2(4)5/h2-6,9,11H,7H2,1H3,(H,12,13);1-4,8,11H,5,10H2,(H,12,13);4H,2-3,6H2,1H3,(H,7,8);2H,4H2,1H3,(H,5,6);1,3H2,(H,4,5). The van der Waals surface area contributed by atoms with Crippen molar-refractivity contribution in [2.75, 3.05) is 25.6 Å². The van der Waals surface area contributed by atoms with Crippen LogP contribution in [0.3, 0.4) is 0 Å². The SMILES string of the molecule is CC(N)C(=O)O.CNC(Cc1ccccc1)C(=O)O.CSCCC(N)C(=O)O.NC(Cc1ccc(O)cc1)C(=O)O.NCC(=O)O. The smallest absolute Gasteiger partial charge is 0.321 e. The molecule has 2 aromatic rings. The molecule has 0 aliphatic heterocycles. The molecule has 0 saturated heterocycles. The molecule has 0 aromatic heterocycles. The zero-order valence-electron chi connectivity index (χ0n) is 26.0. The number of rotatable bonds is 13. The van der Waals surface area contributed by atoms with E-state index in [1.807, 2.05) is 36.6 Å². The molecule has 4 unspecified atom stereocenters. The molecule has 0 heterocycles. The summed E-state index contributed by atoms with van der Waals surface area (Å²) in [7, 11) is 1.65. The molecule has 16 nitrogen and oxygen atoms in total. The van der Waals surface area contributed by atoms with Crippen LogP contribution in [0.5, 0.6) is 5.75 Å². The number of phenols is 1. The fourth-order valence-electron chi connectivity index (χ4n) is 2.50. The third-order valence-corrected chi connectivity index (χ3v) is 5.80. The van der Waals surface area contributed by atoms with Crippen molar-refractivity contribution in [3.05, 3.63) is 65.7 Å². The van der Waals surface area contributed by atoms with Crippen molar-refractivity contribution in [3.63, 3.8) is 0 Å². The lowest BCUT2D eigenvalue weighted by molar-refractivity contribution is -0.140. The zero-order chi connectivity index (χ0) is 36.2. The van der Waals surface area contributed by atoms with E-state index in [1.165, 1.54) is 19.1 Å². The summed E-state index contributed by atoms with van der Waals surface area (Å²) in [5.41, 5.74) is 21.8. The predicted octanol–water partition coefficient (Wildman–Crippen LogP) is -0.152. The van der Waals surface area contributed by atoms with E-state index in [-0.39, 0.29) is 18.7 Å². The average Bonchev–Trinajstić information content (AvgIpc) is 3.01. The fraction of sp³-hybridized carbons (Fsp3) is 0.414. The number of carboxylic acids is 5. The molecule has 0 fully saturated rings. The molecule has 0 amide bonds. The Morgan fingerprint density at radius 3 is 1.50 bits per heavy atom. The van der Waals surface area contributed by atoms with Crippen LogP contribution in [0.15, 0.2) is 54.6 Å². The largest absolute Gasteiger partial charge is 0.508 e. The Labute approximate surface area is 271 Å². The van der Waals surface area contributed by atoms with Crippen molar-refractivity contribution >= 4 is 41.6 Å². The molecule has 0 bridgehead atoms. The van der Waals surface area contributed by atoms with E-state index in [0.717, 1.165) is 16.9 Å². The van der Waals surface area contributed by atoms with Gasteiger partial charge in [-0.2, -0.15) is 11.8 Å². The molecule has 4 atom stereocenters. The number of aliphatic carboxylic acids is 5. The summed E-state index contributed by atoms with van der Waals surface area (Å²) in [5, 5.41) is 52.7. The molecule has 2 aromatic carbocycles. The van der Waals surface area contributed by atoms with Crippen molar-refractivity contribution in [2.45, 2.75) is 50.4 Å². The molecule has 17 heteroatoms. The Hall–Kier alpha value is -4.26. The summed E-state index contributed by atoms with van der Waals surface area (Å²) in [6.07, 6.45) is 3.27. The van der Waals surface area contributed by atoms with Gasteiger partial charge in [0.05, 0.1) is 6.54 Å². The van der Waals surface area contributed by atoms with Crippen LogP contribution in [-0.4, -0.2) is 110 Å². The minimum atomic E-state index is -1.02. The number of hydrogen-bond donors (Lipinski definition) is 11. The lowest BCUT2D eigenvalue weighted by atomic mass is 10.1. The molecular formula is C29H47N5O11S. The highest BCUT2D eigenvalue weighted by Gasteiger charge is 2.14. The number of nitrogens with two attached hydrogens (primary N) is 4. The van der Waals surface area contributed by atoms with Gasteiger partial charge in [-0.1, -0.05) is 42.5 Å². The average molecular weight is 674 g/mol. The maximum atomic E-state index is 10.7. The van der Waals surface area contributed by atoms with E-state index >= 15 is 0 Å². The maximum Gasteiger partial charge on any atom is 0.321 e. The summed E-state index contributed by atoms with van der Waals surface area (Å²) in [6.45, 7) is 1.14. The highest BCUT2D eigenvalue weighted by Crippen LogP contribution is 2.10. The fourth-order valence-corrected chi connectivity index (χ4v) is 2.99. The number of carbonyl (C=O) groups is 5. The maximum absolute atomic E-state index is 10.7. The van der Waals surface area contributed by atoms with E-state index in [9.17, 15) is 24.0 Å². The number of benzene rings is 2. The summed E-state index contributed by atoms with van der Waals surface area (Å²) < 4.78 is 0. The topological polar surface area (TPSA) is 323 Å². The lowest BCUT2D eigenvalue weighted by Crippen LogP contribution is -2.35. The Balaban J connectivity index is -0.000000527. The van der Waals surface area contributed by atoms with Gasteiger partial charge in [0.25, 0.3) is 0 Å². The molecular weight excluding hydrogens is 626 g/mol. The van der Waals surface area contributed by atoms with Gasteiger partial charge >= 0.3 is 29.8 Å². The number of carboxylic acid groups (broad SMARTS) is 5. The lowest BCUT2D eigenvalue weighted by Gasteiger charge is -2.10. The van der Waals surface area contributed by atoms with Gasteiger partial charge in [0, 0.05) is 0 Å². The first-order valence-electron chi connectivity index (χ1n) is 13.5. The summed E-state index contributed by atoms with van der Waals surface area (Å²) in [5.74, 6) is -3.70. The minimum absolute atomic E-state index is 0.160. The van der Waals surface area contributed by atoms with Crippen LogP contribution in [0.25, 0.3) is 0 Å². The van der Waals surface area contributed by atoms with Gasteiger partial charge < -0.3 is 58.9 Å². The summed E-state index contributed by atoms with van der Waals surface area (Å²) in [6, 6.07) is 13.1. The Morgan fingerprint density at radius 2 is 1.17 bits per heavy atom. The van der Waals surface area contributed by atoms with Crippen LogP contribution in [0.4, 0.5) is 0 Å². The molecule has 46 heavy (non-hydrogen) atoms. The molecule has 2 rings (SSSR count). The van der Waals surface area contributed by atoms with Crippen molar-refractivity contribution in [3.8, 4) is 5.75 Å². The first kappa shape index (κ1) is 46.2. The Kier molecular flexibility index (Phi) is 28.3. The Bertz CT molecular complexity index is 1140. The van der Waals surface area contributed by atoms with E-state index in [1.54, 1.807) is 30.9 Å². The molecule has 0 saturated carbocycles. The second-order valence-corrected chi connectivity index (χ2v) is 10.1. The van der Waals surface area contributed by atoms with Gasteiger partial charge in [-0.25, -0.2) is 0 Å². The first-order valence-corrected chi connectivity index (χ1v) is 14.9. The number of hydrogen-bond acceptors (Lipinski definition) is 12. The third-order valence-electron chi connectivity index (χ3n) is 5.15. The van der Waals surface area contributed by atoms with Crippen molar-refractivity contribution in [2.24, 2.45) is 22.9 Å². The molecule has 15 N–H and O–H groups in total. The normalized spacial score (nSPS) is 12.2. The third kappa shape index (κ3) is 28.5. The van der Waals surface area contributed by atoms with Crippen LogP contribution >= 0.6 is 11.8 Å². The molecule has 0 aliphatic carbocycles. The highest BCUT2D eigenvalue weighted by atomic mass is 32.2. The van der Waals surface area contributed by atoms with E-state index in [2.05, 4.69) is 11.1 Å². The van der Waals surface area contributed by atoms with Crippen LogP contribution in [-0.2, 0) is 36.8 Å². The van der Waals surface area contributed by atoms with Crippen molar-refractivity contribution in [1.29, 1.82) is 0 Å². The minimum Gasteiger partial charge on any atom is -0.508 e. The van der Waals surface area contributed by atoms with Gasteiger partial charge in [0.15, 0.2) is 0 Å². The monoisotopic (exact) mass is 673 g/mol. The molecule has 260 valence electrons. The van der Waals surface area contributed by atoms with Crippen LogP contribution in [0, 0.1) is 0 Å². The number of thioether (sulfide) groups is 1. The number of likely N-dealkylation sites (N-methyl/N-ethyl adjacent to an activating group) is 1. The zero-order valence-corrected chi connectivity index (χ0v) is 26.8. The second kappa shape index (κ2) is 28.2. The van der Waals surface area contributed by atoms with Crippen LogP contribution in [0.1, 0.15) is 24.5 Å². The predicted molar refractivity (Wildman–Crippen MR) is 175 cm³/mol. The van der Waals surface area contributed by atoms with Gasteiger partial charge in [0.2, 0.25) is 0 Å². The van der Waals surface area contributed by atoms with Gasteiger partial charge in [-0.05, 0) is 68.5 Å². The van der Waals surface area contributed by atoms with Gasteiger partial charge in [-0.3, -0.25) is 24.0 Å². The summed E-state index contributed by atoms with van der Waals surface area (Å²) >= 11 is 1.60. The van der Waals surface area contributed by atoms with E-state index in [4.69, 9.17) is 47.8 Å². The van der Waals surface area contributed by atoms with E-state index < -0.39 is 54.0 Å². The summed E-state index contributed by atoms with van der Waals surface area (Å²) in [4.78, 5) is 50.0. The first-order chi connectivity index (χ1) is 21.4. The number of nitrogens with one attached hydrogen (secondary N) is 1. The highest BCUT2D eigenvalue weighted by molar-refractivity contribution is 7.98. The van der Waals surface area contributed by atoms with Crippen LogP contribution in [0.2, 0.25) is 0 Å². The Morgan fingerprint density at radius 1 is 0.739 bits per heavy atom. The van der Waals surface area contributed by atoms with Crippen molar-refractivity contribution < 1.29 is 54.6 Å². The van der Waals surface area contributed by atoms with E-state index in [0.29, 0.717) is 12.8 Å². The van der Waals surface area contributed by atoms with Crippen molar-refractivity contribution in [1.82, 2.24) is 5.32 Å². The number of aromatic hydroxyl groups is 1. The van der Waals surface area contributed by atoms with Gasteiger partial charge in [-0.15, -0.1) is 0 Å². The molecule has 0 aliphatic rings. The van der Waals surface area contributed by atoms with Gasteiger partial charge in [0.1, 0.15) is 29.9 Å². The molecule has 0 spiro atoms. The second-order valence-electron chi connectivity index (χ2n) is 9.14.